The number of anilines is 1. The topological polar surface area (TPSA) is 93.9 Å². The minimum atomic E-state index is -0.216. The summed E-state index contributed by atoms with van der Waals surface area (Å²) in [6.07, 6.45) is 2.07. The van der Waals surface area contributed by atoms with E-state index in [1.807, 2.05) is 6.92 Å². The average molecular weight is 412 g/mol. The second kappa shape index (κ2) is 10.5. The Hall–Kier alpha value is -1.99. The van der Waals surface area contributed by atoms with Crippen molar-refractivity contribution >= 4 is 29.2 Å². The van der Waals surface area contributed by atoms with Crippen molar-refractivity contribution in [3.63, 3.8) is 0 Å². The highest BCUT2D eigenvalue weighted by Crippen LogP contribution is 2.29. The molecule has 28 heavy (non-hydrogen) atoms. The fourth-order valence-corrected chi connectivity index (χ4v) is 3.65. The lowest BCUT2D eigenvalue weighted by Crippen LogP contribution is -2.50. The van der Waals surface area contributed by atoms with Gasteiger partial charge in [0, 0.05) is 31.6 Å². The molecule has 1 aliphatic rings. The number of likely N-dealkylation sites (tertiary alicyclic amines) is 1. The van der Waals surface area contributed by atoms with Crippen LogP contribution in [0.1, 0.15) is 43.5 Å². The van der Waals surface area contributed by atoms with Crippen molar-refractivity contribution in [2.75, 3.05) is 39.1 Å². The molecule has 7 nitrogen and oxygen atoms in total. The van der Waals surface area contributed by atoms with Gasteiger partial charge in [-0.15, -0.1) is 0 Å². The third-order valence-corrected chi connectivity index (χ3v) is 5.36. The molecule has 8 heteroatoms. The van der Waals surface area contributed by atoms with Gasteiger partial charge in [0.05, 0.1) is 30.0 Å². The molecule has 2 atom stereocenters. The second-order valence-electron chi connectivity index (χ2n) is 7.13. The number of nitrogen functional groups attached to an aromatic ring is 1. The Balaban J connectivity index is 1.87. The summed E-state index contributed by atoms with van der Waals surface area (Å²) in [4.78, 5) is 26.5. The van der Waals surface area contributed by atoms with Gasteiger partial charge in [-0.25, -0.2) is 0 Å². The summed E-state index contributed by atoms with van der Waals surface area (Å²) in [6.45, 7) is 6.95. The van der Waals surface area contributed by atoms with Crippen LogP contribution in [0.4, 0.5) is 5.69 Å². The number of rotatable bonds is 8. The van der Waals surface area contributed by atoms with Crippen LogP contribution in [0.25, 0.3) is 0 Å². The number of carbonyl (C=O) groups is 2. The van der Waals surface area contributed by atoms with Crippen molar-refractivity contribution in [1.29, 1.82) is 0 Å². The van der Waals surface area contributed by atoms with E-state index in [0.29, 0.717) is 35.1 Å². The molecule has 1 aliphatic heterocycles. The number of nitrogens with one attached hydrogen (secondary N) is 1. The number of methoxy groups -OCH3 is 1. The Morgan fingerprint density at radius 2 is 2.14 bits per heavy atom. The zero-order chi connectivity index (χ0) is 20.7. The highest BCUT2D eigenvalue weighted by Gasteiger charge is 2.28. The van der Waals surface area contributed by atoms with E-state index in [1.54, 1.807) is 12.1 Å². The van der Waals surface area contributed by atoms with Gasteiger partial charge in [-0.1, -0.05) is 18.5 Å². The molecule has 1 saturated heterocycles. The van der Waals surface area contributed by atoms with Crippen LogP contribution in [-0.2, 0) is 9.53 Å². The number of halogens is 1. The van der Waals surface area contributed by atoms with Crippen LogP contribution in [0.3, 0.4) is 0 Å². The van der Waals surface area contributed by atoms with E-state index in [-0.39, 0.29) is 23.8 Å². The molecule has 1 amide bonds. The first-order valence-electron chi connectivity index (χ1n) is 9.67. The molecule has 0 aliphatic carbocycles. The van der Waals surface area contributed by atoms with Crippen molar-refractivity contribution < 1.29 is 19.1 Å². The van der Waals surface area contributed by atoms with Crippen LogP contribution < -0.4 is 15.8 Å². The number of hydrogen-bond donors (Lipinski definition) is 2. The fourth-order valence-electron chi connectivity index (χ4n) is 3.49. The molecule has 0 bridgehead atoms. The van der Waals surface area contributed by atoms with Crippen LogP contribution >= 0.6 is 11.6 Å². The lowest BCUT2D eigenvalue weighted by Gasteiger charge is -2.37. The van der Waals surface area contributed by atoms with Crippen molar-refractivity contribution in [1.82, 2.24) is 10.2 Å². The Morgan fingerprint density at radius 3 is 2.79 bits per heavy atom. The summed E-state index contributed by atoms with van der Waals surface area (Å²) >= 11 is 6.07. The predicted molar refractivity (Wildman–Crippen MR) is 110 cm³/mol. The summed E-state index contributed by atoms with van der Waals surface area (Å²) in [5.41, 5.74) is 6.54. The Kier molecular flexibility index (Phi) is 8.38. The van der Waals surface area contributed by atoms with Crippen LogP contribution in [0, 0.1) is 5.92 Å². The molecule has 1 aromatic rings. The third-order valence-electron chi connectivity index (χ3n) is 5.03. The second-order valence-corrected chi connectivity index (χ2v) is 7.54. The molecular formula is C20H30ClN3O4. The van der Waals surface area contributed by atoms with Crippen molar-refractivity contribution in [3.8, 4) is 5.75 Å². The molecular weight excluding hydrogens is 382 g/mol. The number of ether oxygens (including phenoxy) is 2. The lowest BCUT2D eigenvalue weighted by atomic mass is 9.93. The zero-order valence-corrected chi connectivity index (χ0v) is 17.6. The summed E-state index contributed by atoms with van der Waals surface area (Å²) in [5.74, 6) is 0.333. The normalized spacial score (nSPS) is 19.9. The van der Waals surface area contributed by atoms with Gasteiger partial charge in [-0.3, -0.25) is 9.59 Å². The smallest absolute Gasteiger partial charge is 0.305 e. The first-order chi connectivity index (χ1) is 13.3. The van der Waals surface area contributed by atoms with Crippen molar-refractivity contribution in [2.45, 2.75) is 39.2 Å². The van der Waals surface area contributed by atoms with E-state index in [9.17, 15) is 9.59 Å². The van der Waals surface area contributed by atoms with Crippen LogP contribution in [0.15, 0.2) is 12.1 Å². The molecule has 0 radical (unpaired) electrons. The van der Waals surface area contributed by atoms with Gasteiger partial charge in [-0.2, -0.15) is 0 Å². The van der Waals surface area contributed by atoms with Gasteiger partial charge < -0.3 is 25.4 Å². The first-order valence-corrected chi connectivity index (χ1v) is 10.0. The van der Waals surface area contributed by atoms with E-state index in [1.165, 1.54) is 7.11 Å². The van der Waals surface area contributed by atoms with Gasteiger partial charge >= 0.3 is 5.97 Å². The van der Waals surface area contributed by atoms with Gasteiger partial charge in [0.15, 0.2) is 0 Å². The maximum absolute atomic E-state index is 12.7. The molecule has 0 saturated carbocycles. The SMILES string of the molecule is CCOC(=O)CCCN1CC[C@H](NC(=O)c2cc(Cl)c(N)cc2OC)[C@@H](C)C1. The van der Waals surface area contributed by atoms with Gasteiger partial charge in [0.25, 0.3) is 5.91 Å². The molecule has 1 heterocycles. The number of esters is 1. The van der Waals surface area contributed by atoms with Gasteiger partial charge in [0.1, 0.15) is 5.75 Å². The van der Waals surface area contributed by atoms with E-state index >= 15 is 0 Å². The van der Waals surface area contributed by atoms with E-state index in [2.05, 4.69) is 17.1 Å². The fraction of sp³-hybridized carbons (Fsp3) is 0.600. The maximum atomic E-state index is 12.7. The Morgan fingerprint density at radius 1 is 1.39 bits per heavy atom. The number of hydrogen-bond acceptors (Lipinski definition) is 6. The first kappa shape index (κ1) is 22.3. The summed E-state index contributed by atoms with van der Waals surface area (Å²) < 4.78 is 10.2. The summed E-state index contributed by atoms with van der Waals surface area (Å²) in [6, 6.07) is 3.17. The summed E-state index contributed by atoms with van der Waals surface area (Å²) in [5, 5.41) is 3.43. The Bertz CT molecular complexity index is 698. The summed E-state index contributed by atoms with van der Waals surface area (Å²) in [7, 11) is 1.50. The van der Waals surface area contributed by atoms with Gasteiger partial charge in [0.2, 0.25) is 0 Å². The van der Waals surface area contributed by atoms with E-state index in [4.69, 9.17) is 26.8 Å². The molecule has 1 aromatic carbocycles. The molecule has 0 aromatic heterocycles. The monoisotopic (exact) mass is 411 g/mol. The quantitative estimate of drug-likeness (QED) is 0.504. The molecule has 0 unspecified atom stereocenters. The third kappa shape index (κ3) is 6.01. The molecule has 3 N–H and O–H groups in total. The molecule has 1 fully saturated rings. The van der Waals surface area contributed by atoms with Crippen LogP contribution in [0.5, 0.6) is 5.75 Å². The van der Waals surface area contributed by atoms with Crippen molar-refractivity contribution in [2.24, 2.45) is 5.92 Å². The molecule has 2 rings (SSSR count). The van der Waals surface area contributed by atoms with Crippen LogP contribution in [0.2, 0.25) is 5.02 Å². The Labute approximate surface area is 171 Å². The highest BCUT2D eigenvalue weighted by atomic mass is 35.5. The van der Waals surface area contributed by atoms with Gasteiger partial charge in [-0.05, 0) is 38.3 Å². The standard InChI is InChI=1S/C20H30ClN3O4/c1-4-28-19(25)6-5-8-24-9-7-17(13(2)12-24)23-20(26)14-10-15(21)16(22)11-18(14)27-3/h10-11,13,17H,4-9,12,22H2,1-3H3,(H,23,26)/t13-,17-/m0/s1. The van der Waals surface area contributed by atoms with E-state index in [0.717, 1.165) is 32.5 Å². The zero-order valence-electron chi connectivity index (χ0n) is 16.8. The average Bonchev–Trinajstić information content (AvgIpc) is 2.65. The maximum Gasteiger partial charge on any atom is 0.305 e. The molecule has 0 spiro atoms. The van der Waals surface area contributed by atoms with Crippen molar-refractivity contribution in [3.05, 3.63) is 22.7 Å². The number of nitrogens with two attached hydrogens (primary N) is 1. The number of benzene rings is 1. The number of nitrogens with zero attached hydrogens (tertiary/aromatic N) is 1. The number of carbonyl (C=O) groups excluding carboxylic acids is 2. The molecule has 156 valence electrons. The predicted octanol–water partition coefficient (Wildman–Crippen LogP) is 2.71. The number of piperidine rings is 1. The minimum absolute atomic E-state index is 0.0647. The highest BCUT2D eigenvalue weighted by molar-refractivity contribution is 6.33. The van der Waals surface area contributed by atoms with Crippen LogP contribution in [-0.4, -0.2) is 56.2 Å². The van der Waals surface area contributed by atoms with E-state index < -0.39 is 0 Å². The largest absolute Gasteiger partial charge is 0.496 e. The number of amides is 1. The lowest BCUT2D eigenvalue weighted by molar-refractivity contribution is -0.143. The minimum Gasteiger partial charge on any atom is -0.496 e.